The van der Waals surface area contributed by atoms with E-state index in [1.807, 2.05) is 0 Å². The highest BCUT2D eigenvalue weighted by atomic mass is 32.1. The van der Waals surface area contributed by atoms with Crippen molar-refractivity contribution in [2.24, 2.45) is 0 Å². The van der Waals surface area contributed by atoms with E-state index in [0.717, 1.165) is 166 Å². The van der Waals surface area contributed by atoms with E-state index in [-0.39, 0.29) is 0 Å². The van der Waals surface area contributed by atoms with Crippen LogP contribution in [0, 0.1) is 22.7 Å². The molecule has 0 fully saturated rings. The van der Waals surface area contributed by atoms with Crippen LogP contribution in [0.2, 0.25) is 0 Å². The molecule has 6 heterocycles. The van der Waals surface area contributed by atoms with E-state index in [4.69, 9.17) is 0 Å². The van der Waals surface area contributed by atoms with Crippen LogP contribution >= 0.6 is 22.7 Å². The van der Waals surface area contributed by atoms with Gasteiger partial charge >= 0.3 is 0 Å². The van der Waals surface area contributed by atoms with Gasteiger partial charge in [-0.25, -0.2) is 0 Å². The van der Waals surface area contributed by atoms with Gasteiger partial charge in [0.1, 0.15) is 23.3 Å². The zero-order valence-electron chi connectivity index (χ0n) is 54.5. The van der Waals surface area contributed by atoms with Crippen molar-refractivity contribution >= 4 is 172 Å². The van der Waals surface area contributed by atoms with Crippen LogP contribution in [0.25, 0.3) is 205 Å². The number of fused-ring (bicyclic) bond motifs is 23. The molecule has 0 aliphatic heterocycles. The molecule has 22 rings (SSSR count). The molecule has 16 aromatic carbocycles. The van der Waals surface area contributed by atoms with Gasteiger partial charge in [0.25, 0.3) is 0 Å². The highest BCUT2D eigenvalue weighted by Crippen LogP contribution is 2.54. The fourth-order valence-electron chi connectivity index (χ4n) is 17.5. The van der Waals surface area contributed by atoms with Gasteiger partial charge in [0.15, 0.2) is 0 Å². The molecule has 0 unspecified atom stereocenters. The summed E-state index contributed by atoms with van der Waals surface area (Å²) in [5, 5.41) is 44.7. The molecule has 0 saturated carbocycles. The minimum absolute atomic E-state index is 0.398. The summed E-state index contributed by atoms with van der Waals surface area (Å²) in [5.74, 6) is 0. The molecule has 0 bridgehead atoms. The Kier molecular flexibility index (Phi) is 12.0. The first-order valence-electron chi connectivity index (χ1n) is 34.4. The fourth-order valence-corrected chi connectivity index (χ4v) is 19.9. The summed E-state index contributed by atoms with van der Waals surface area (Å²) in [6.45, 7) is 0. The molecule has 470 valence electrons. The molecular formula is C94H52N6S2. The largest absolute Gasteiger partial charge is 0.306 e. The Bertz CT molecular complexity index is 7430. The number of rotatable bonds is 7. The number of hydrogen-bond donors (Lipinski definition) is 0. The maximum atomic E-state index is 13.7. The Morgan fingerprint density at radius 2 is 0.637 bits per heavy atom. The van der Waals surface area contributed by atoms with Crippen molar-refractivity contribution in [2.75, 3.05) is 0 Å². The van der Waals surface area contributed by atoms with Crippen LogP contribution < -0.4 is 0 Å². The van der Waals surface area contributed by atoms with Gasteiger partial charge in [-0.05, 0) is 103 Å². The Hall–Kier alpha value is -13.3. The molecule has 22 aromatic rings. The van der Waals surface area contributed by atoms with Crippen LogP contribution in [0.1, 0.15) is 11.1 Å². The molecule has 6 aromatic heterocycles. The Morgan fingerprint density at radius 1 is 0.235 bits per heavy atom. The molecule has 0 aliphatic carbocycles. The van der Waals surface area contributed by atoms with Crippen molar-refractivity contribution in [3.8, 4) is 68.3 Å². The third-order valence-electron chi connectivity index (χ3n) is 21.6. The summed E-state index contributed by atoms with van der Waals surface area (Å²) in [4.78, 5) is 0. The lowest BCUT2D eigenvalue weighted by atomic mass is 9.92. The standard InChI is InChI=1S/C94H52N6S2/c95-53-75-88(98-79-39-16-10-31-65(79)66-32-11-17-40-80(66)98)90(100-82-52-58(61-35-20-25-57-45-44-56-24-4-5-27-60(56)85(57)61)46-47-67(82)71-48-49-72-68-33-12-18-42-83(68)101-93(72)91(71)100)76(54-96)87(97-77-37-14-8-29-63(77)64-30-9-15-38-78(64)97)89(75)99-81-41-21-36-70(62-28-7-6-26-59(62)55-22-2-1-3-23-55)86(81)74-51-50-73-69-34-13-19-43-84(69)102-94(73)92(74)99/h1-52H. The van der Waals surface area contributed by atoms with Gasteiger partial charge in [0, 0.05) is 74.0 Å². The SMILES string of the molecule is N#Cc1c(-n2c3ccccc3c3ccccc32)c(-n2c3cccc(-c4ccccc4-c4ccccc4)c3c3ccc4c5ccccc5sc4c32)c(C#N)c(-n2c3ccccc3c3ccccc32)c1-n1c2cc(-c3cccc4ccc5ccccc5c34)ccc2c2ccc3c4ccccc4sc3c21. The van der Waals surface area contributed by atoms with Crippen molar-refractivity contribution in [3.05, 3.63) is 327 Å². The number of nitrogens with zero attached hydrogens (tertiary/aromatic N) is 6. The molecule has 0 saturated heterocycles. The summed E-state index contributed by atoms with van der Waals surface area (Å²) < 4.78 is 14.0. The smallest absolute Gasteiger partial charge is 0.104 e. The van der Waals surface area contributed by atoms with Crippen LogP contribution in [0.15, 0.2) is 315 Å². The topological polar surface area (TPSA) is 67.3 Å². The normalized spacial score (nSPS) is 12.1. The zero-order valence-corrected chi connectivity index (χ0v) is 56.2. The molecule has 0 N–H and O–H groups in total. The minimum Gasteiger partial charge on any atom is -0.306 e. The zero-order chi connectivity index (χ0) is 67.0. The lowest BCUT2D eigenvalue weighted by molar-refractivity contribution is 1.03. The Labute approximate surface area is 591 Å². The van der Waals surface area contributed by atoms with Crippen LogP contribution in [0.4, 0.5) is 0 Å². The van der Waals surface area contributed by atoms with E-state index in [1.54, 1.807) is 22.7 Å². The van der Waals surface area contributed by atoms with Crippen molar-refractivity contribution in [1.29, 1.82) is 10.5 Å². The van der Waals surface area contributed by atoms with E-state index in [2.05, 4.69) is 346 Å². The van der Waals surface area contributed by atoms with Gasteiger partial charge in [-0.2, -0.15) is 10.5 Å². The molecular weight excluding hydrogens is 1280 g/mol. The average molecular weight is 1330 g/mol. The number of aromatic nitrogens is 4. The van der Waals surface area contributed by atoms with Crippen molar-refractivity contribution in [3.63, 3.8) is 0 Å². The number of thiophene rings is 2. The monoisotopic (exact) mass is 1330 g/mol. The summed E-state index contributed by atoms with van der Waals surface area (Å²) in [6, 6.07) is 120. The first kappa shape index (κ1) is 56.7. The van der Waals surface area contributed by atoms with Crippen LogP contribution in [-0.2, 0) is 0 Å². The van der Waals surface area contributed by atoms with Crippen molar-refractivity contribution in [2.45, 2.75) is 0 Å². The van der Waals surface area contributed by atoms with E-state index >= 15 is 0 Å². The van der Waals surface area contributed by atoms with Crippen molar-refractivity contribution in [1.82, 2.24) is 18.3 Å². The third-order valence-corrected chi connectivity index (χ3v) is 24.0. The van der Waals surface area contributed by atoms with Gasteiger partial charge in [0.05, 0.1) is 76.3 Å². The Balaban J connectivity index is 1.02. The first-order chi connectivity index (χ1) is 50.6. The molecule has 102 heavy (non-hydrogen) atoms. The second-order valence-electron chi connectivity index (χ2n) is 26.7. The number of benzene rings is 16. The second-order valence-corrected chi connectivity index (χ2v) is 28.8. The van der Waals surface area contributed by atoms with Gasteiger partial charge in [-0.1, -0.05) is 267 Å². The van der Waals surface area contributed by atoms with Crippen molar-refractivity contribution < 1.29 is 0 Å². The number of hydrogen-bond acceptors (Lipinski definition) is 4. The van der Waals surface area contributed by atoms with Gasteiger partial charge in [0.2, 0.25) is 0 Å². The summed E-state index contributed by atoms with van der Waals surface area (Å²) >= 11 is 3.56. The van der Waals surface area contributed by atoms with Gasteiger partial charge in [-0.3, -0.25) is 0 Å². The van der Waals surface area contributed by atoms with E-state index in [9.17, 15) is 10.5 Å². The predicted molar refractivity (Wildman–Crippen MR) is 430 cm³/mol. The summed E-state index contributed by atoms with van der Waals surface area (Å²) in [7, 11) is 0. The molecule has 6 nitrogen and oxygen atoms in total. The highest BCUT2D eigenvalue weighted by molar-refractivity contribution is 7.27. The number of para-hydroxylation sites is 4. The van der Waals surface area contributed by atoms with Gasteiger partial charge < -0.3 is 18.3 Å². The van der Waals surface area contributed by atoms with E-state index in [0.29, 0.717) is 33.9 Å². The molecule has 0 aliphatic rings. The van der Waals surface area contributed by atoms with Crippen LogP contribution in [-0.4, -0.2) is 18.3 Å². The first-order valence-corrected chi connectivity index (χ1v) is 36.1. The third kappa shape index (κ3) is 7.74. The van der Waals surface area contributed by atoms with Gasteiger partial charge in [-0.15, -0.1) is 22.7 Å². The van der Waals surface area contributed by atoms with Crippen LogP contribution in [0.5, 0.6) is 0 Å². The molecule has 0 atom stereocenters. The molecule has 8 heteroatoms. The second kappa shape index (κ2) is 21.6. The Morgan fingerprint density at radius 3 is 1.24 bits per heavy atom. The lowest BCUT2D eigenvalue weighted by Crippen LogP contribution is -2.16. The predicted octanol–water partition coefficient (Wildman–Crippen LogP) is 25.9. The molecule has 0 spiro atoms. The van der Waals surface area contributed by atoms with Crippen LogP contribution in [0.3, 0.4) is 0 Å². The number of nitriles is 2. The average Bonchev–Trinajstić information content (AvgIpc) is 1.50. The highest BCUT2D eigenvalue weighted by Gasteiger charge is 2.36. The quantitative estimate of drug-likeness (QED) is 0.149. The summed E-state index contributed by atoms with van der Waals surface area (Å²) in [5.41, 5.74) is 17.0. The maximum absolute atomic E-state index is 13.7. The fraction of sp³-hybridized carbons (Fsp3) is 0. The van der Waals surface area contributed by atoms with E-state index in [1.165, 1.54) is 16.2 Å². The molecule has 0 radical (unpaired) electrons. The maximum Gasteiger partial charge on any atom is 0.104 e. The molecule has 0 amide bonds. The summed E-state index contributed by atoms with van der Waals surface area (Å²) in [6.07, 6.45) is 0. The van der Waals surface area contributed by atoms with E-state index < -0.39 is 0 Å². The minimum atomic E-state index is 0.398. The lowest BCUT2D eigenvalue weighted by Gasteiger charge is -2.27.